The van der Waals surface area contributed by atoms with Gasteiger partial charge in [-0.1, -0.05) is 32.0 Å². The number of aliphatic carboxylic acids is 1. The summed E-state index contributed by atoms with van der Waals surface area (Å²) in [7, 11) is 0. The molecular formula is C15H21NO3. The quantitative estimate of drug-likeness (QED) is 0.858. The van der Waals surface area contributed by atoms with E-state index >= 15 is 0 Å². The number of amides is 1. The van der Waals surface area contributed by atoms with Crippen molar-refractivity contribution in [1.82, 2.24) is 5.32 Å². The van der Waals surface area contributed by atoms with Gasteiger partial charge in [-0.05, 0) is 37.8 Å². The number of carboxylic acids is 1. The first kappa shape index (κ1) is 15.2. The highest BCUT2D eigenvalue weighted by Crippen LogP contribution is 2.19. The number of carbonyl (C=O) groups is 2. The molecule has 0 heterocycles. The second-order valence-corrected chi connectivity index (χ2v) is 4.82. The molecule has 0 atom stereocenters. The zero-order valence-corrected chi connectivity index (χ0v) is 11.9. The first-order valence-corrected chi connectivity index (χ1v) is 6.50. The van der Waals surface area contributed by atoms with Gasteiger partial charge in [-0.3, -0.25) is 4.79 Å². The molecule has 0 aliphatic heterocycles. The fraction of sp³-hybridized carbons (Fsp3) is 0.467. The maximum atomic E-state index is 12.3. The summed E-state index contributed by atoms with van der Waals surface area (Å²) in [4.78, 5) is 23.8. The van der Waals surface area contributed by atoms with Crippen molar-refractivity contribution in [3.8, 4) is 0 Å². The van der Waals surface area contributed by atoms with Crippen molar-refractivity contribution in [2.24, 2.45) is 0 Å². The van der Waals surface area contributed by atoms with Crippen LogP contribution in [0.5, 0.6) is 0 Å². The predicted octanol–water partition coefficient (Wildman–Crippen LogP) is 2.68. The van der Waals surface area contributed by atoms with E-state index in [2.05, 4.69) is 5.32 Å². The van der Waals surface area contributed by atoms with Crippen LogP contribution < -0.4 is 5.32 Å². The molecule has 0 aromatic heterocycles. The third kappa shape index (κ3) is 2.95. The maximum Gasteiger partial charge on any atom is 0.329 e. The predicted molar refractivity (Wildman–Crippen MR) is 74.3 cm³/mol. The molecule has 0 fully saturated rings. The zero-order chi connectivity index (χ0) is 14.6. The highest BCUT2D eigenvalue weighted by Gasteiger charge is 2.37. The minimum absolute atomic E-state index is 0.318. The average molecular weight is 263 g/mol. The molecule has 1 aromatic carbocycles. The molecule has 0 bridgehead atoms. The Morgan fingerprint density at radius 3 is 2.00 bits per heavy atom. The van der Waals surface area contributed by atoms with E-state index in [0.717, 1.165) is 11.1 Å². The second-order valence-electron chi connectivity index (χ2n) is 4.82. The van der Waals surface area contributed by atoms with Crippen molar-refractivity contribution >= 4 is 11.9 Å². The summed E-state index contributed by atoms with van der Waals surface area (Å²) >= 11 is 0. The fourth-order valence-corrected chi connectivity index (χ4v) is 2.24. The summed E-state index contributed by atoms with van der Waals surface area (Å²) in [5, 5.41) is 12.0. The zero-order valence-electron chi connectivity index (χ0n) is 11.9. The maximum absolute atomic E-state index is 12.3. The Morgan fingerprint density at radius 2 is 1.63 bits per heavy atom. The molecule has 0 saturated carbocycles. The van der Waals surface area contributed by atoms with Crippen LogP contribution in [0.4, 0.5) is 0 Å². The molecule has 2 N–H and O–H groups in total. The first-order chi connectivity index (χ1) is 8.88. The Kier molecular flexibility index (Phi) is 4.70. The Balaban J connectivity index is 3.11. The smallest absolute Gasteiger partial charge is 0.329 e. The van der Waals surface area contributed by atoms with Gasteiger partial charge in [-0.25, -0.2) is 4.79 Å². The monoisotopic (exact) mass is 263 g/mol. The lowest BCUT2D eigenvalue weighted by Gasteiger charge is -2.28. The van der Waals surface area contributed by atoms with E-state index in [1.54, 1.807) is 13.8 Å². The average Bonchev–Trinajstić information content (AvgIpc) is 2.35. The molecule has 104 valence electrons. The number of aryl methyl sites for hydroxylation is 2. The van der Waals surface area contributed by atoms with Crippen LogP contribution in [-0.2, 0) is 4.79 Å². The summed E-state index contributed by atoms with van der Waals surface area (Å²) in [6.45, 7) is 7.23. The number of rotatable bonds is 5. The summed E-state index contributed by atoms with van der Waals surface area (Å²) in [6, 6.07) is 5.58. The van der Waals surface area contributed by atoms with Gasteiger partial charge in [0.25, 0.3) is 5.91 Å². The van der Waals surface area contributed by atoms with Gasteiger partial charge >= 0.3 is 5.97 Å². The van der Waals surface area contributed by atoms with E-state index in [1.807, 2.05) is 32.0 Å². The van der Waals surface area contributed by atoms with Crippen LogP contribution >= 0.6 is 0 Å². The SMILES string of the molecule is CCC(CC)(NC(=O)c1c(C)cccc1C)C(=O)O. The van der Waals surface area contributed by atoms with E-state index in [1.165, 1.54) is 0 Å². The van der Waals surface area contributed by atoms with E-state index in [9.17, 15) is 14.7 Å². The second kappa shape index (κ2) is 5.87. The number of hydrogen-bond acceptors (Lipinski definition) is 2. The Morgan fingerprint density at radius 1 is 1.16 bits per heavy atom. The lowest BCUT2D eigenvalue weighted by Crippen LogP contribution is -2.53. The summed E-state index contributed by atoms with van der Waals surface area (Å²) in [5.74, 6) is -1.31. The lowest BCUT2D eigenvalue weighted by atomic mass is 9.91. The topological polar surface area (TPSA) is 66.4 Å². The van der Waals surface area contributed by atoms with E-state index in [0.29, 0.717) is 18.4 Å². The Labute approximate surface area is 113 Å². The largest absolute Gasteiger partial charge is 0.480 e. The summed E-state index contributed by atoms with van der Waals surface area (Å²) in [6.07, 6.45) is 0.713. The summed E-state index contributed by atoms with van der Waals surface area (Å²) < 4.78 is 0. The molecule has 0 radical (unpaired) electrons. The number of carboxylic acid groups (broad SMARTS) is 1. The molecule has 1 amide bonds. The summed E-state index contributed by atoms with van der Waals surface area (Å²) in [5.41, 5.74) is 1.08. The van der Waals surface area contributed by atoms with Gasteiger partial charge in [0.1, 0.15) is 5.54 Å². The van der Waals surface area contributed by atoms with Gasteiger partial charge in [-0.15, -0.1) is 0 Å². The Hall–Kier alpha value is -1.84. The molecule has 1 aromatic rings. The number of carbonyl (C=O) groups excluding carboxylic acids is 1. The normalized spacial score (nSPS) is 11.2. The lowest BCUT2D eigenvalue weighted by molar-refractivity contribution is -0.144. The molecule has 0 unspecified atom stereocenters. The molecule has 0 saturated heterocycles. The third-order valence-electron chi connectivity index (χ3n) is 3.68. The fourth-order valence-electron chi connectivity index (χ4n) is 2.24. The Bertz CT molecular complexity index is 470. The van der Waals surface area contributed by atoms with Gasteiger partial charge in [0.15, 0.2) is 0 Å². The molecule has 4 nitrogen and oxygen atoms in total. The molecule has 19 heavy (non-hydrogen) atoms. The van der Waals surface area contributed by atoms with E-state index in [4.69, 9.17) is 0 Å². The molecule has 0 aliphatic rings. The van der Waals surface area contributed by atoms with Crippen molar-refractivity contribution in [1.29, 1.82) is 0 Å². The number of nitrogens with one attached hydrogen (secondary N) is 1. The van der Waals surface area contributed by atoms with Crippen LogP contribution in [0, 0.1) is 13.8 Å². The standard InChI is InChI=1S/C15H21NO3/c1-5-15(6-2,14(18)19)16-13(17)12-10(3)8-7-9-11(12)4/h7-9H,5-6H2,1-4H3,(H,16,17)(H,18,19). The van der Waals surface area contributed by atoms with Crippen LogP contribution in [0.3, 0.4) is 0 Å². The van der Waals surface area contributed by atoms with Gasteiger partial charge < -0.3 is 10.4 Å². The van der Waals surface area contributed by atoms with Gasteiger partial charge in [-0.2, -0.15) is 0 Å². The minimum Gasteiger partial charge on any atom is -0.480 e. The van der Waals surface area contributed by atoms with Crippen molar-refractivity contribution in [2.45, 2.75) is 46.1 Å². The van der Waals surface area contributed by atoms with Crippen LogP contribution in [0.1, 0.15) is 48.2 Å². The first-order valence-electron chi connectivity index (χ1n) is 6.50. The van der Waals surface area contributed by atoms with Crippen molar-refractivity contribution in [3.05, 3.63) is 34.9 Å². The molecule has 0 aliphatic carbocycles. The third-order valence-corrected chi connectivity index (χ3v) is 3.68. The van der Waals surface area contributed by atoms with Gasteiger partial charge in [0, 0.05) is 5.56 Å². The van der Waals surface area contributed by atoms with Crippen LogP contribution in [0.25, 0.3) is 0 Å². The van der Waals surface area contributed by atoms with Crippen LogP contribution in [0.15, 0.2) is 18.2 Å². The van der Waals surface area contributed by atoms with Crippen molar-refractivity contribution < 1.29 is 14.7 Å². The van der Waals surface area contributed by atoms with Crippen molar-refractivity contribution in [3.63, 3.8) is 0 Å². The van der Waals surface area contributed by atoms with Crippen LogP contribution in [-0.4, -0.2) is 22.5 Å². The van der Waals surface area contributed by atoms with Crippen molar-refractivity contribution in [2.75, 3.05) is 0 Å². The van der Waals surface area contributed by atoms with Crippen LogP contribution in [0.2, 0.25) is 0 Å². The molecular weight excluding hydrogens is 242 g/mol. The number of hydrogen-bond donors (Lipinski definition) is 2. The number of benzene rings is 1. The highest BCUT2D eigenvalue weighted by molar-refractivity contribution is 6.00. The van der Waals surface area contributed by atoms with E-state index in [-0.39, 0.29) is 5.91 Å². The molecule has 0 spiro atoms. The highest BCUT2D eigenvalue weighted by atomic mass is 16.4. The van der Waals surface area contributed by atoms with Gasteiger partial charge in [0.2, 0.25) is 0 Å². The molecule has 4 heteroatoms. The molecule has 1 rings (SSSR count). The van der Waals surface area contributed by atoms with Gasteiger partial charge in [0.05, 0.1) is 0 Å². The minimum atomic E-state index is -1.19. The van der Waals surface area contributed by atoms with E-state index < -0.39 is 11.5 Å².